The van der Waals surface area contributed by atoms with Crippen LogP contribution in [-0.4, -0.2) is 40.3 Å². The van der Waals surface area contributed by atoms with Crippen LogP contribution in [0.1, 0.15) is 76.1 Å². The van der Waals surface area contributed by atoms with E-state index in [1.807, 2.05) is 6.20 Å². The highest BCUT2D eigenvalue weighted by Gasteiger charge is 2.48. The predicted octanol–water partition coefficient (Wildman–Crippen LogP) is 3.23. The van der Waals surface area contributed by atoms with Crippen LogP contribution in [0.5, 0.6) is 5.88 Å². The highest BCUT2D eigenvalue weighted by molar-refractivity contribution is 5.73. The van der Waals surface area contributed by atoms with Crippen molar-refractivity contribution in [1.82, 2.24) is 10.3 Å². The minimum atomic E-state index is -0.765. The van der Waals surface area contributed by atoms with Crippen LogP contribution in [0.3, 0.4) is 0 Å². The Morgan fingerprint density at radius 3 is 2.60 bits per heavy atom. The summed E-state index contributed by atoms with van der Waals surface area (Å²) in [6, 6.07) is 8.07. The van der Waals surface area contributed by atoms with Crippen LogP contribution in [0.15, 0.2) is 36.5 Å². The molecule has 7 heteroatoms. The maximum absolute atomic E-state index is 13.3. The van der Waals surface area contributed by atoms with E-state index >= 15 is 0 Å². The molecule has 2 aliphatic rings. The number of carbonyl (C=O) groups is 1. The second-order valence-corrected chi connectivity index (χ2v) is 11.6. The maximum Gasteiger partial charge on any atom is 0.223 e. The molecule has 1 aliphatic carbocycles. The van der Waals surface area contributed by atoms with Gasteiger partial charge in [0.25, 0.3) is 0 Å². The van der Waals surface area contributed by atoms with Crippen molar-refractivity contribution in [3.8, 4) is 5.88 Å². The number of pyridine rings is 1. The number of ether oxygens (including phenoxy) is 1. The molecule has 6 nitrogen and oxygen atoms in total. The van der Waals surface area contributed by atoms with Crippen LogP contribution in [0, 0.1) is 11.2 Å². The van der Waals surface area contributed by atoms with E-state index in [4.69, 9.17) is 9.72 Å². The molecule has 35 heavy (non-hydrogen) atoms. The molecule has 0 unspecified atom stereocenters. The van der Waals surface area contributed by atoms with E-state index in [0.717, 1.165) is 43.2 Å². The molecule has 0 radical (unpaired) electrons. The topological polar surface area (TPSA) is 88.1 Å². The lowest BCUT2D eigenvalue weighted by Gasteiger charge is -2.46. The number of carbonyl (C=O) groups excluding carboxylic acids is 1. The lowest BCUT2D eigenvalue weighted by Crippen LogP contribution is -2.89. The number of quaternary nitrogens is 1. The van der Waals surface area contributed by atoms with E-state index in [1.54, 1.807) is 12.1 Å². The van der Waals surface area contributed by atoms with Crippen LogP contribution < -0.4 is 15.4 Å². The summed E-state index contributed by atoms with van der Waals surface area (Å²) in [6.45, 7) is 8.53. The number of nitrogens with one attached hydrogen (secondary N) is 1. The first-order valence-electron chi connectivity index (χ1n) is 12.7. The quantitative estimate of drug-likeness (QED) is 0.537. The van der Waals surface area contributed by atoms with Gasteiger partial charge < -0.3 is 20.5 Å². The zero-order valence-corrected chi connectivity index (χ0v) is 21.3. The highest BCUT2D eigenvalue weighted by Crippen LogP contribution is 2.47. The van der Waals surface area contributed by atoms with E-state index in [2.05, 4.69) is 37.5 Å². The van der Waals surface area contributed by atoms with Gasteiger partial charge in [-0.25, -0.2) is 9.37 Å². The van der Waals surface area contributed by atoms with E-state index < -0.39 is 12.1 Å². The van der Waals surface area contributed by atoms with Crippen molar-refractivity contribution in [2.24, 2.45) is 5.41 Å². The molecule has 1 amide bonds. The summed E-state index contributed by atoms with van der Waals surface area (Å²) in [5.74, 6) is 0.215. The first-order valence-corrected chi connectivity index (χ1v) is 12.7. The Morgan fingerprint density at radius 1 is 1.29 bits per heavy atom. The number of amides is 1. The van der Waals surface area contributed by atoms with Gasteiger partial charge in [0, 0.05) is 19.5 Å². The highest BCUT2D eigenvalue weighted by atomic mass is 19.1. The SMILES string of the molecule is CC(=O)N[C@@H](Cc1ccc(F)cc1)[C@H](O)C[NH2+][C@H]1CC2(CCC2)Oc2ncc(CC(C)(C)C)cc21. The first kappa shape index (κ1) is 25.6. The average molecular weight is 485 g/mol. The second kappa shape index (κ2) is 10.2. The van der Waals surface area contributed by atoms with Crippen molar-refractivity contribution >= 4 is 5.91 Å². The molecule has 4 N–H and O–H groups in total. The van der Waals surface area contributed by atoms with Crippen LogP contribution in [0.25, 0.3) is 0 Å². The summed E-state index contributed by atoms with van der Waals surface area (Å²) in [6.07, 6.45) is 6.64. The number of aromatic nitrogens is 1. The number of benzene rings is 1. The monoisotopic (exact) mass is 484 g/mol. The van der Waals surface area contributed by atoms with Gasteiger partial charge in [0.2, 0.25) is 11.8 Å². The molecule has 1 aromatic heterocycles. The number of rotatable bonds is 8. The Hall–Kier alpha value is -2.51. The number of hydrogen-bond donors (Lipinski definition) is 3. The molecule has 1 aromatic carbocycles. The zero-order chi connectivity index (χ0) is 25.2. The van der Waals surface area contributed by atoms with Gasteiger partial charge >= 0.3 is 0 Å². The van der Waals surface area contributed by atoms with Gasteiger partial charge in [-0.15, -0.1) is 0 Å². The molecular weight excluding hydrogens is 445 g/mol. The third kappa shape index (κ3) is 6.58. The van der Waals surface area contributed by atoms with Crippen molar-refractivity contribution in [2.45, 2.75) is 90.0 Å². The Labute approximate surface area is 207 Å². The number of fused-ring (bicyclic) bond motifs is 1. The number of nitrogens with two attached hydrogens (primary N) is 1. The summed E-state index contributed by atoms with van der Waals surface area (Å²) >= 11 is 0. The lowest BCUT2D eigenvalue weighted by atomic mass is 9.73. The Balaban J connectivity index is 1.49. The lowest BCUT2D eigenvalue weighted by molar-refractivity contribution is -0.705. The molecule has 1 fully saturated rings. The van der Waals surface area contributed by atoms with E-state index in [1.165, 1.54) is 24.6 Å². The van der Waals surface area contributed by atoms with Crippen molar-refractivity contribution < 1.29 is 24.3 Å². The zero-order valence-electron chi connectivity index (χ0n) is 21.3. The van der Waals surface area contributed by atoms with Gasteiger partial charge in [0.1, 0.15) is 30.1 Å². The molecule has 190 valence electrons. The number of hydrogen-bond acceptors (Lipinski definition) is 4. The summed E-state index contributed by atoms with van der Waals surface area (Å²) in [7, 11) is 0. The third-order valence-corrected chi connectivity index (χ3v) is 7.12. The molecule has 1 aliphatic heterocycles. The smallest absolute Gasteiger partial charge is 0.223 e. The molecule has 2 heterocycles. The molecular formula is C28H39FN3O3+. The van der Waals surface area contributed by atoms with Gasteiger partial charge in [-0.3, -0.25) is 4.79 Å². The minimum Gasteiger partial charge on any atom is -0.470 e. The Bertz CT molecular complexity index is 1030. The fraction of sp³-hybridized carbons (Fsp3) is 0.571. The van der Waals surface area contributed by atoms with Crippen molar-refractivity contribution in [2.75, 3.05) is 6.54 Å². The molecule has 1 spiro atoms. The number of halogens is 1. The normalized spacial score (nSPS) is 20.3. The number of nitrogens with zero attached hydrogens (tertiary/aromatic N) is 1. The predicted molar refractivity (Wildman–Crippen MR) is 132 cm³/mol. The Morgan fingerprint density at radius 2 is 2.00 bits per heavy atom. The standard InChI is InChI=1S/C28H38FN3O3/c1-18(33)32-23(13-19-6-8-21(29)9-7-19)25(34)17-30-24-15-28(10-5-11-28)35-26-22(24)12-20(16-31-26)14-27(2,3)4/h6-9,12,16,23-25,30,34H,5,10-11,13-15,17H2,1-4H3,(H,32,33)/p+1/t23-,24-,25+/m0/s1. The van der Waals surface area contributed by atoms with Crippen LogP contribution in [0.2, 0.25) is 0 Å². The van der Waals surface area contributed by atoms with Crippen molar-refractivity contribution in [3.63, 3.8) is 0 Å². The number of aliphatic hydroxyl groups is 1. The molecule has 3 atom stereocenters. The van der Waals surface area contributed by atoms with Gasteiger partial charge in [0.15, 0.2) is 0 Å². The summed E-state index contributed by atoms with van der Waals surface area (Å²) in [5.41, 5.74) is 3.15. The molecule has 2 aromatic rings. The Kier molecular flexibility index (Phi) is 7.48. The fourth-order valence-corrected chi connectivity index (χ4v) is 5.31. The third-order valence-electron chi connectivity index (χ3n) is 7.12. The molecule has 4 rings (SSSR count). The minimum absolute atomic E-state index is 0.130. The van der Waals surface area contributed by atoms with Gasteiger partial charge in [-0.2, -0.15) is 0 Å². The summed E-state index contributed by atoms with van der Waals surface area (Å²) < 4.78 is 19.7. The molecule has 1 saturated carbocycles. The van der Waals surface area contributed by atoms with E-state index in [0.29, 0.717) is 18.8 Å². The van der Waals surface area contributed by atoms with Crippen LogP contribution >= 0.6 is 0 Å². The number of aliphatic hydroxyl groups excluding tert-OH is 1. The van der Waals surface area contributed by atoms with Gasteiger partial charge in [-0.05, 0) is 66.8 Å². The van der Waals surface area contributed by atoms with E-state index in [9.17, 15) is 14.3 Å². The first-order chi connectivity index (χ1) is 16.5. The van der Waals surface area contributed by atoms with Crippen LogP contribution in [0.4, 0.5) is 4.39 Å². The average Bonchev–Trinajstić information content (AvgIpc) is 2.75. The summed E-state index contributed by atoms with van der Waals surface area (Å²) in [4.78, 5) is 16.5. The summed E-state index contributed by atoms with van der Waals surface area (Å²) in [5, 5.41) is 16.2. The maximum atomic E-state index is 13.3. The molecule has 0 saturated heterocycles. The van der Waals surface area contributed by atoms with Crippen LogP contribution in [-0.2, 0) is 17.6 Å². The van der Waals surface area contributed by atoms with Crippen molar-refractivity contribution in [1.29, 1.82) is 0 Å². The van der Waals surface area contributed by atoms with Gasteiger partial charge in [-0.1, -0.05) is 32.9 Å². The molecule has 0 bridgehead atoms. The van der Waals surface area contributed by atoms with Crippen molar-refractivity contribution in [3.05, 3.63) is 59.0 Å². The van der Waals surface area contributed by atoms with E-state index in [-0.39, 0.29) is 28.8 Å². The largest absolute Gasteiger partial charge is 0.470 e. The van der Waals surface area contributed by atoms with Gasteiger partial charge in [0.05, 0.1) is 11.6 Å². The fourth-order valence-electron chi connectivity index (χ4n) is 5.31. The second-order valence-electron chi connectivity index (χ2n) is 11.6.